The predicted octanol–water partition coefficient (Wildman–Crippen LogP) is -1.15. The summed E-state index contributed by atoms with van der Waals surface area (Å²) >= 11 is 0. The lowest BCUT2D eigenvalue weighted by atomic mass is 9.98. The first kappa shape index (κ1) is 37.7. The number of fused-ring (bicyclic) bond motifs is 1. The molecule has 0 bridgehead atoms. The number of hydrogen-bond acceptors (Lipinski definition) is 17. The van der Waals surface area contributed by atoms with E-state index in [1.165, 1.54) is 45.4 Å². The van der Waals surface area contributed by atoms with Crippen LogP contribution in [-0.2, 0) is 33.3 Å². The van der Waals surface area contributed by atoms with Gasteiger partial charge in [-0.25, -0.2) is 0 Å². The highest BCUT2D eigenvalue weighted by Gasteiger charge is 2.49. The summed E-state index contributed by atoms with van der Waals surface area (Å²) < 4.78 is 43.0. The van der Waals surface area contributed by atoms with Crippen molar-refractivity contribution in [3.8, 4) is 34.5 Å². The maximum atomic E-state index is 11.8. The molecule has 0 radical (unpaired) electrons. The van der Waals surface area contributed by atoms with Gasteiger partial charge in [-0.2, -0.15) is 0 Å². The molecule has 0 spiro atoms. The molecule has 0 saturated carbocycles. The molecule has 0 amide bonds. The zero-order valence-electron chi connectivity index (χ0n) is 27.3. The second-order valence-corrected chi connectivity index (χ2v) is 11.9. The first-order valence-corrected chi connectivity index (χ1v) is 15.5. The number of carboxylic acids is 1. The molecule has 2 aromatic carbocycles. The molecular weight excluding hydrogens is 688 g/mol. The first-order valence-electron chi connectivity index (χ1n) is 15.5. The molecule has 2 saturated heterocycles. The van der Waals surface area contributed by atoms with Crippen LogP contribution in [0.1, 0.15) is 30.6 Å². The summed E-state index contributed by atoms with van der Waals surface area (Å²) in [6, 6.07) is 5.20. The van der Waals surface area contributed by atoms with E-state index in [1.54, 1.807) is 0 Å². The Kier molecular flexibility index (Phi) is 11.3. The number of aliphatic hydroxyl groups excluding tert-OH is 5. The molecule has 19 nitrogen and oxygen atoms in total. The topological polar surface area (TPSA) is 294 Å². The largest absolute Gasteiger partial charge is 0.571 e. The van der Waals surface area contributed by atoms with Crippen molar-refractivity contribution in [2.24, 2.45) is 0 Å². The Morgan fingerprint density at radius 3 is 2.12 bits per heavy atom. The number of methoxy groups -OCH3 is 2. The standard InChI is InChI=1S/C32H38O19/c1-11-29(51-22(37)9-21(35)36)26(41)28(43)31(47-11)46-10-20-24(39)25(40)27(42)32(50-20)49-19-8-14-15(34)6-13(33)7-16(14)48-30(19)12-4-17(44-2)23(38)18(5-12)45-3/h4-8,11,20,24-34,38-43H,9-10H2,1-3H3,(H,35,36)/p+1/t11-,20+,24+,25-,26+,27+,28-,29-,30?,31+,32+/m0/s1. The van der Waals surface area contributed by atoms with Crippen molar-refractivity contribution in [1.82, 2.24) is 0 Å². The molecule has 10 N–H and O–H groups in total. The maximum Gasteiger partial charge on any atom is 0.317 e. The predicted molar refractivity (Wildman–Crippen MR) is 166 cm³/mol. The van der Waals surface area contributed by atoms with Gasteiger partial charge in [0, 0.05) is 12.1 Å². The third kappa shape index (κ3) is 7.85. The van der Waals surface area contributed by atoms with E-state index in [2.05, 4.69) is 4.74 Å². The van der Waals surface area contributed by atoms with Crippen LogP contribution in [0.5, 0.6) is 34.5 Å². The van der Waals surface area contributed by atoms with Crippen molar-refractivity contribution in [3.63, 3.8) is 0 Å². The van der Waals surface area contributed by atoms with Crippen molar-refractivity contribution < 1.29 is 93.4 Å². The zero-order chi connectivity index (χ0) is 37.3. The Hall–Kier alpha value is -4.60. The minimum atomic E-state index is -1.87. The van der Waals surface area contributed by atoms with E-state index in [-0.39, 0.29) is 45.8 Å². The second kappa shape index (κ2) is 15.3. The lowest BCUT2D eigenvalue weighted by Gasteiger charge is -2.43. The quantitative estimate of drug-likeness (QED) is 0.0750. The summed E-state index contributed by atoms with van der Waals surface area (Å²) in [5.41, 5.74) is 0.431. The van der Waals surface area contributed by atoms with Crippen LogP contribution >= 0.6 is 0 Å². The van der Waals surface area contributed by atoms with Crippen LogP contribution in [0.2, 0.25) is 0 Å². The second-order valence-electron chi connectivity index (χ2n) is 11.9. The number of phenols is 3. The molecule has 51 heavy (non-hydrogen) atoms. The number of rotatable bonds is 11. The molecule has 19 heteroatoms. The van der Waals surface area contributed by atoms with Crippen LogP contribution in [0.15, 0.2) is 30.0 Å². The molecule has 2 fully saturated rings. The number of carbonyl (C=O) groups is 2. The highest BCUT2D eigenvalue weighted by atomic mass is 16.7. The zero-order valence-corrected chi connectivity index (χ0v) is 27.3. The summed E-state index contributed by atoms with van der Waals surface area (Å²) in [5.74, 6) is -3.53. The molecule has 1 unspecified atom stereocenters. The van der Waals surface area contributed by atoms with Crippen LogP contribution < -0.4 is 9.47 Å². The molecule has 2 aromatic rings. The van der Waals surface area contributed by atoms with Gasteiger partial charge in [0.25, 0.3) is 11.9 Å². The summed E-state index contributed by atoms with van der Waals surface area (Å²) in [7, 11) is 2.62. The Morgan fingerprint density at radius 1 is 0.843 bits per heavy atom. The van der Waals surface area contributed by atoms with Gasteiger partial charge in [-0.15, -0.1) is 0 Å². The van der Waals surface area contributed by atoms with Crippen molar-refractivity contribution in [1.29, 1.82) is 0 Å². The van der Waals surface area contributed by atoms with Crippen molar-refractivity contribution in [3.05, 3.63) is 41.2 Å². The smallest absolute Gasteiger partial charge is 0.317 e. The monoisotopic (exact) mass is 727 g/mol. The maximum absolute atomic E-state index is 11.8. The Balaban J connectivity index is 1.36. The van der Waals surface area contributed by atoms with Crippen molar-refractivity contribution >= 4 is 18.0 Å². The van der Waals surface area contributed by atoms with Crippen LogP contribution in [0.3, 0.4) is 0 Å². The van der Waals surface area contributed by atoms with E-state index in [1.807, 2.05) is 0 Å². The summed E-state index contributed by atoms with van der Waals surface area (Å²) in [4.78, 5) is 22.6. The third-order valence-electron chi connectivity index (χ3n) is 8.45. The van der Waals surface area contributed by atoms with Gasteiger partial charge in [0.15, 0.2) is 29.7 Å². The van der Waals surface area contributed by atoms with Gasteiger partial charge < -0.3 is 83.9 Å². The van der Waals surface area contributed by atoms with Crippen LogP contribution in [0.25, 0.3) is 6.08 Å². The molecule has 280 valence electrons. The van der Waals surface area contributed by atoms with Crippen LogP contribution in [-0.4, -0.2) is 145 Å². The van der Waals surface area contributed by atoms with Gasteiger partial charge in [-0.05, 0) is 19.1 Å². The summed E-state index contributed by atoms with van der Waals surface area (Å²) in [6.07, 6.45) is -17.1. The van der Waals surface area contributed by atoms with E-state index < -0.39 is 92.5 Å². The fraction of sp³-hybridized carbons (Fsp3) is 0.500. The van der Waals surface area contributed by atoms with Gasteiger partial charge in [-0.3, -0.25) is 9.59 Å². The number of carboxylic acid groups (broad SMARTS) is 1. The van der Waals surface area contributed by atoms with E-state index >= 15 is 0 Å². The minimum absolute atomic E-state index is 0.00413. The highest BCUT2D eigenvalue weighted by molar-refractivity contribution is 5.90. The van der Waals surface area contributed by atoms with Gasteiger partial charge in [-0.1, -0.05) is 0 Å². The number of esters is 1. The number of hydrogen-bond donors (Lipinski definition) is 9. The number of carbonyl (C=O) groups excluding carboxylic acids is 1. The molecule has 3 aliphatic rings. The van der Waals surface area contributed by atoms with E-state index in [0.29, 0.717) is 5.56 Å². The number of aromatic hydroxyl groups is 4. The lowest BCUT2D eigenvalue weighted by Crippen LogP contribution is -2.61. The average Bonchev–Trinajstić information content (AvgIpc) is 3.08. The normalized spacial score (nSPS) is 31.8. The number of phenolic OH excluding ortho intramolecular Hbond substituents is 3. The van der Waals surface area contributed by atoms with Crippen molar-refractivity contribution in [2.75, 3.05) is 20.8 Å². The Labute approximate surface area is 288 Å². The molecule has 11 atom stereocenters. The minimum Gasteiger partial charge on any atom is -0.571 e. The fourth-order valence-electron chi connectivity index (χ4n) is 5.79. The molecule has 0 aliphatic carbocycles. The number of ether oxygens (including phenoxy) is 8. The third-order valence-corrected chi connectivity index (χ3v) is 8.45. The fourth-order valence-corrected chi connectivity index (χ4v) is 5.79. The van der Waals surface area contributed by atoms with Crippen LogP contribution in [0, 0.1) is 0 Å². The molecule has 3 heterocycles. The molecule has 3 aliphatic heterocycles. The van der Waals surface area contributed by atoms with Gasteiger partial charge in [0.1, 0.15) is 60.1 Å². The van der Waals surface area contributed by atoms with E-state index in [9.17, 15) is 50.4 Å². The number of aliphatic carboxylic acids is 1. The molecule has 5 rings (SSSR count). The Morgan fingerprint density at radius 2 is 1.49 bits per heavy atom. The van der Waals surface area contributed by atoms with Gasteiger partial charge in [0.05, 0.1) is 38.6 Å². The van der Waals surface area contributed by atoms with Crippen LogP contribution in [0.4, 0.5) is 0 Å². The average molecular weight is 728 g/mol. The van der Waals surface area contributed by atoms with Crippen molar-refractivity contribution in [2.45, 2.75) is 80.9 Å². The first-order chi connectivity index (χ1) is 24.1. The molecular formula is C32H39O19+. The number of benzene rings is 2. The Bertz CT molecular complexity index is 1600. The lowest BCUT2D eigenvalue weighted by molar-refractivity contribution is -0.325. The SMILES string of the molecule is COc1cc(C2[OH+]c3cc(O)cc(O)c3C=C2O[C@@H]2O[C@H](CO[C@@H]3O[C@@H](C)[C@H](OC(=O)CC(=O)O)[C@H](O)[C@@H]3O)[C@@H](O)[C@H](O)[C@H]2O)cc(OC)c1O. The summed E-state index contributed by atoms with van der Waals surface area (Å²) in [6.45, 7) is 0.758. The van der Waals surface area contributed by atoms with Gasteiger partial charge in [0.2, 0.25) is 12.0 Å². The summed E-state index contributed by atoms with van der Waals surface area (Å²) in [5, 5.41) is 93.5. The van der Waals surface area contributed by atoms with E-state index in [0.717, 1.165) is 6.07 Å². The van der Waals surface area contributed by atoms with Gasteiger partial charge >= 0.3 is 11.9 Å². The highest BCUT2D eigenvalue weighted by Crippen LogP contribution is 2.48. The number of aliphatic hydroxyl groups is 6. The van der Waals surface area contributed by atoms with E-state index in [4.69, 9.17) is 38.3 Å². The molecule has 0 aromatic heterocycles.